The molecule has 0 radical (unpaired) electrons. The van der Waals surface area contributed by atoms with Crippen molar-refractivity contribution < 1.29 is 9.13 Å². The van der Waals surface area contributed by atoms with Crippen LogP contribution in [0.2, 0.25) is 5.02 Å². The maximum absolute atomic E-state index is 13.3. The zero-order valence-electron chi connectivity index (χ0n) is 7.97. The summed E-state index contributed by atoms with van der Waals surface area (Å²) >= 11 is 5.84. The zero-order valence-corrected chi connectivity index (χ0v) is 8.72. The molecule has 0 saturated heterocycles. The second kappa shape index (κ2) is 5.29. The van der Waals surface area contributed by atoms with Crippen molar-refractivity contribution in [1.82, 2.24) is 0 Å². The maximum Gasteiger partial charge on any atom is 0.127 e. The molecule has 14 heavy (non-hydrogen) atoms. The summed E-state index contributed by atoms with van der Waals surface area (Å²) in [6.07, 6.45) is 0.388. The van der Waals surface area contributed by atoms with Gasteiger partial charge in [-0.15, -0.1) is 0 Å². The molecule has 0 heterocycles. The lowest BCUT2D eigenvalue weighted by Gasteiger charge is -2.12. The summed E-state index contributed by atoms with van der Waals surface area (Å²) in [5.74, 6) is -0.316. The van der Waals surface area contributed by atoms with Crippen LogP contribution in [0.5, 0.6) is 0 Å². The predicted octanol–water partition coefficient (Wildman–Crippen LogP) is 2.00. The van der Waals surface area contributed by atoms with E-state index in [1.807, 2.05) is 0 Å². The van der Waals surface area contributed by atoms with E-state index in [1.54, 1.807) is 19.2 Å². The van der Waals surface area contributed by atoms with Gasteiger partial charge >= 0.3 is 0 Å². The van der Waals surface area contributed by atoms with Gasteiger partial charge in [0, 0.05) is 23.7 Å². The highest BCUT2D eigenvalue weighted by molar-refractivity contribution is 6.31. The van der Waals surface area contributed by atoms with Gasteiger partial charge in [0.05, 0.1) is 6.61 Å². The van der Waals surface area contributed by atoms with E-state index in [-0.39, 0.29) is 11.9 Å². The molecular formula is C10H13ClFNO. The minimum Gasteiger partial charge on any atom is -0.383 e. The van der Waals surface area contributed by atoms with E-state index in [9.17, 15) is 4.39 Å². The molecule has 78 valence electrons. The van der Waals surface area contributed by atoms with Gasteiger partial charge in [-0.25, -0.2) is 4.39 Å². The van der Waals surface area contributed by atoms with Crippen molar-refractivity contribution in [2.24, 2.45) is 5.73 Å². The first kappa shape index (κ1) is 11.4. The Morgan fingerprint density at radius 3 is 2.86 bits per heavy atom. The summed E-state index contributed by atoms with van der Waals surface area (Å²) in [7, 11) is 1.56. The van der Waals surface area contributed by atoms with Crippen LogP contribution in [0.15, 0.2) is 18.2 Å². The summed E-state index contributed by atoms with van der Waals surface area (Å²) in [6.45, 7) is 0.394. The van der Waals surface area contributed by atoms with Crippen molar-refractivity contribution >= 4 is 11.6 Å². The topological polar surface area (TPSA) is 35.2 Å². The van der Waals surface area contributed by atoms with Crippen LogP contribution in [-0.4, -0.2) is 19.8 Å². The first-order valence-corrected chi connectivity index (χ1v) is 4.70. The van der Waals surface area contributed by atoms with Crippen molar-refractivity contribution in [2.45, 2.75) is 12.5 Å². The first-order chi connectivity index (χ1) is 6.65. The van der Waals surface area contributed by atoms with Crippen molar-refractivity contribution in [1.29, 1.82) is 0 Å². The van der Waals surface area contributed by atoms with Crippen molar-refractivity contribution in [3.8, 4) is 0 Å². The lowest BCUT2D eigenvalue weighted by Crippen LogP contribution is -2.28. The smallest absolute Gasteiger partial charge is 0.127 e. The molecule has 1 aromatic carbocycles. The van der Waals surface area contributed by atoms with Gasteiger partial charge < -0.3 is 10.5 Å². The van der Waals surface area contributed by atoms with Gasteiger partial charge in [0.2, 0.25) is 0 Å². The molecule has 0 aliphatic rings. The Balaban J connectivity index is 2.75. The highest BCUT2D eigenvalue weighted by Crippen LogP contribution is 2.20. The normalized spacial score (nSPS) is 12.9. The lowest BCUT2D eigenvalue weighted by atomic mass is 10.1. The molecule has 0 aliphatic carbocycles. The zero-order chi connectivity index (χ0) is 10.6. The molecule has 0 amide bonds. The van der Waals surface area contributed by atoms with Gasteiger partial charge in [0.25, 0.3) is 0 Å². The summed E-state index contributed by atoms with van der Waals surface area (Å²) in [4.78, 5) is 0. The summed E-state index contributed by atoms with van der Waals surface area (Å²) in [6, 6.07) is 4.37. The Kier molecular flexibility index (Phi) is 4.32. The highest BCUT2D eigenvalue weighted by Gasteiger charge is 2.11. The minimum absolute atomic E-state index is 0.227. The number of benzene rings is 1. The molecule has 2 N–H and O–H groups in total. The minimum atomic E-state index is -0.316. The van der Waals surface area contributed by atoms with Gasteiger partial charge in [-0.1, -0.05) is 17.7 Å². The van der Waals surface area contributed by atoms with Crippen LogP contribution >= 0.6 is 11.6 Å². The second-order valence-electron chi connectivity index (χ2n) is 3.12. The molecule has 1 rings (SSSR count). The van der Waals surface area contributed by atoms with Gasteiger partial charge in [-0.3, -0.25) is 0 Å². The van der Waals surface area contributed by atoms with Crippen molar-refractivity contribution in [3.05, 3.63) is 34.6 Å². The van der Waals surface area contributed by atoms with E-state index >= 15 is 0 Å². The number of methoxy groups -OCH3 is 1. The largest absolute Gasteiger partial charge is 0.383 e. The Labute approximate surface area is 87.8 Å². The number of hydrogen-bond acceptors (Lipinski definition) is 2. The molecule has 4 heteroatoms. The van der Waals surface area contributed by atoms with Crippen LogP contribution in [-0.2, 0) is 11.2 Å². The standard InChI is InChI=1S/C10H13ClFNO/c1-14-6-7(13)5-8-9(11)3-2-4-10(8)12/h2-4,7H,5-6,13H2,1H3. The summed E-state index contributed by atoms with van der Waals surface area (Å²) in [5.41, 5.74) is 6.16. The average molecular weight is 218 g/mol. The number of rotatable bonds is 4. The van der Waals surface area contributed by atoms with Gasteiger partial charge in [0.1, 0.15) is 5.82 Å². The fourth-order valence-corrected chi connectivity index (χ4v) is 1.50. The number of halogens is 2. The van der Waals surface area contributed by atoms with E-state index < -0.39 is 0 Å². The van der Waals surface area contributed by atoms with E-state index in [1.165, 1.54) is 6.07 Å². The number of nitrogens with two attached hydrogens (primary N) is 1. The third-order valence-corrected chi connectivity index (χ3v) is 2.26. The Hall–Kier alpha value is -0.640. The van der Waals surface area contributed by atoms with E-state index in [2.05, 4.69) is 0 Å². The van der Waals surface area contributed by atoms with Crippen LogP contribution in [0.1, 0.15) is 5.56 Å². The molecule has 0 aliphatic heterocycles. The monoisotopic (exact) mass is 217 g/mol. The number of ether oxygens (including phenoxy) is 1. The molecule has 0 fully saturated rings. The van der Waals surface area contributed by atoms with Crippen molar-refractivity contribution in [3.63, 3.8) is 0 Å². The predicted molar refractivity (Wildman–Crippen MR) is 55.0 cm³/mol. The molecule has 1 unspecified atom stereocenters. The fraction of sp³-hybridized carbons (Fsp3) is 0.400. The molecule has 1 atom stereocenters. The van der Waals surface area contributed by atoms with Gasteiger partial charge in [0.15, 0.2) is 0 Å². The fourth-order valence-electron chi connectivity index (χ4n) is 1.26. The average Bonchev–Trinajstić information content (AvgIpc) is 2.12. The Bertz CT molecular complexity index is 286. The molecule has 1 aromatic rings. The van der Waals surface area contributed by atoms with Crippen LogP contribution in [0.4, 0.5) is 4.39 Å². The number of hydrogen-bond donors (Lipinski definition) is 1. The second-order valence-corrected chi connectivity index (χ2v) is 3.53. The van der Waals surface area contributed by atoms with Crippen LogP contribution in [0.3, 0.4) is 0 Å². The van der Waals surface area contributed by atoms with Crippen LogP contribution < -0.4 is 5.73 Å². The lowest BCUT2D eigenvalue weighted by molar-refractivity contribution is 0.179. The quantitative estimate of drug-likeness (QED) is 0.837. The van der Waals surface area contributed by atoms with E-state index in [0.29, 0.717) is 23.6 Å². The van der Waals surface area contributed by atoms with Crippen LogP contribution in [0, 0.1) is 5.82 Å². The van der Waals surface area contributed by atoms with Crippen molar-refractivity contribution in [2.75, 3.05) is 13.7 Å². The van der Waals surface area contributed by atoms with Crippen LogP contribution in [0.25, 0.3) is 0 Å². The highest BCUT2D eigenvalue weighted by atomic mass is 35.5. The molecule has 0 bridgehead atoms. The maximum atomic E-state index is 13.3. The first-order valence-electron chi connectivity index (χ1n) is 4.32. The summed E-state index contributed by atoms with van der Waals surface area (Å²) < 4.78 is 18.1. The Morgan fingerprint density at radius 1 is 1.57 bits per heavy atom. The molecule has 2 nitrogen and oxygen atoms in total. The molecule has 0 aromatic heterocycles. The molecular weight excluding hydrogens is 205 g/mol. The van der Waals surface area contributed by atoms with Gasteiger partial charge in [-0.05, 0) is 18.6 Å². The Morgan fingerprint density at radius 2 is 2.29 bits per heavy atom. The third-order valence-electron chi connectivity index (χ3n) is 1.91. The SMILES string of the molecule is COCC(N)Cc1c(F)cccc1Cl. The van der Waals surface area contributed by atoms with Gasteiger partial charge in [-0.2, -0.15) is 0 Å². The van der Waals surface area contributed by atoms with E-state index in [4.69, 9.17) is 22.1 Å². The summed E-state index contributed by atoms with van der Waals surface area (Å²) in [5, 5.41) is 0.413. The molecule has 0 spiro atoms. The van der Waals surface area contributed by atoms with E-state index in [0.717, 1.165) is 0 Å². The molecule has 0 saturated carbocycles. The third kappa shape index (κ3) is 2.94.